The highest BCUT2D eigenvalue weighted by Crippen LogP contribution is 2.69. The number of fused-ring (bicyclic) bond motifs is 21. The van der Waals surface area contributed by atoms with Crippen molar-refractivity contribution >= 4 is 32.7 Å². The van der Waals surface area contributed by atoms with E-state index in [0.717, 1.165) is 60.7 Å². The first-order valence-corrected chi connectivity index (χ1v) is 23.0. The van der Waals surface area contributed by atoms with Crippen molar-refractivity contribution < 1.29 is 4.42 Å². The van der Waals surface area contributed by atoms with Gasteiger partial charge < -0.3 is 4.42 Å². The standard InChI is InChI=1S/C63H37N3O/c1-2-18-39(19-3-1)59-64-60(41-34-33-38-17-4-5-20-40(38)37-41)66-61(65-59)47-25-16-24-46-56-54(36-35-45-44-23-8-15-32-55(44)67-58(45)56)63(57(46)47)52-30-13-11-28-50(52)62(51-29-12-14-31-53(51)63)48-26-9-6-21-42(48)43-22-7-10-27-49(43)62/h1-37H. The average Bonchev–Trinajstić information content (AvgIpc) is 4.03. The molecule has 2 heterocycles. The molecular formula is C63H37N3O. The molecule has 3 aliphatic rings. The smallest absolute Gasteiger partial charge is 0.164 e. The summed E-state index contributed by atoms with van der Waals surface area (Å²) in [4.78, 5) is 16.2. The predicted octanol–water partition coefficient (Wildman–Crippen LogP) is 15.0. The Bertz CT molecular complexity index is 3980. The lowest BCUT2D eigenvalue weighted by atomic mass is 9.52. The summed E-state index contributed by atoms with van der Waals surface area (Å²) in [7, 11) is 0. The van der Waals surface area contributed by atoms with Crippen LogP contribution >= 0.6 is 0 Å². The summed E-state index contributed by atoms with van der Waals surface area (Å²) in [5, 5.41) is 4.50. The molecule has 0 N–H and O–H groups in total. The minimum Gasteiger partial charge on any atom is -0.455 e. The molecule has 0 aliphatic heterocycles. The Balaban J connectivity index is 1.10. The molecule has 10 aromatic carbocycles. The summed E-state index contributed by atoms with van der Waals surface area (Å²) >= 11 is 0. The van der Waals surface area contributed by atoms with Gasteiger partial charge in [-0.15, -0.1) is 0 Å². The molecule has 0 unspecified atom stereocenters. The van der Waals surface area contributed by atoms with Crippen LogP contribution in [0.4, 0.5) is 0 Å². The van der Waals surface area contributed by atoms with Gasteiger partial charge in [0.15, 0.2) is 17.5 Å². The molecule has 0 bridgehead atoms. The minimum absolute atomic E-state index is 0.580. The number of furan rings is 1. The SMILES string of the molecule is c1ccc(-c2nc(-c3ccc4ccccc4c3)nc(-c3cccc4c3C3(c5ccccc5C5(c6ccccc6-c6ccccc65)c5ccccc53)c3ccc5c(oc6ccccc65)c3-4)n2)cc1. The normalized spacial score (nSPS) is 14.2. The summed E-state index contributed by atoms with van der Waals surface area (Å²) in [6, 6.07) is 81.5. The topological polar surface area (TPSA) is 51.8 Å². The lowest BCUT2D eigenvalue weighted by molar-refractivity contribution is 0.632. The van der Waals surface area contributed by atoms with Gasteiger partial charge in [-0.05, 0) is 84.1 Å². The summed E-state index contributed by atoms with van der Waals surface area (Å²) in [5.74, 6) is 1.87. The third-order valence-corrected chi connectivity index (χ3v) is 15.0. The largest absolute Gasteiger partial charge is 0.455 e. The maximum absolute atomic E-state index is 7.04. The Kier molecular flexibility index (Phi) is 7.33. The molecule has 0 atom stereocenters. The molecule has 0 radical (unpaired) electrons. The van der Waals surface area contributed by atoms with Crippen molar-refractivity contribution in [1.82, 2.24) is 15.0 Å². The highest BCUT2D eigenvalue weighted by molar-refractivity contribution is 6.13. The van der Waals surface area contributed by atoms with E-state index in [4.69, 9.17) is 19.4 Å². The molecule has 4 nitrogen and oxygen atoms in total. The summed E-state index contributed by atoms with van der Waals surface area (Å²) in [5.41, 5.74) is 17.9. The van der Waals surface area contributed by atoms with Crippen LogP contribution in [0.5, 0.6) is 0 Å². The van der Waals surface area contributed by atoms with Crippen LogP contribution in [-0.4, -0.2) is 15.0 Å². The Morgan fingerprint density at radius 2 is 0.851 bits per heavy atom. The van der Waals surface area contributed by atoms with Gasteiger partial charge in [0.2, 0.25) is 0 Å². The van der Waals surface area contributed by atoms with Crippen molar-refractivity contribution in [2.24, 2.45) is 0 Å². The number of benzene rings is 10. The minimum atomic E-state index is -0.817. The van der Waals surface area contributed by atoms with Crippen LogP contribution in [-0.2, 0) is 10.8 Å². The second-order valence-corrected chi connectivity index (χ2v) is 18.1. The molecule has 0 saturated heterocycles. The van der Waals surface area contributed by atoms with Crippen LogP contribution in [0, 0.1) is 0 Å². The first-order chi connectivity index (χ1) is 33.2. The van der Waals surface area contributed by atoms with Crippen LogP contribution in [0.2, 0.25) is 0 Å². The van der Waals surface area contributed by atoms with Gasteiger partial charge in [0.25, 0.3) is 0 Å². The molecule has 0 amide bonds. The third-order valence-electron chi connectivity index (χ3n) is 15.0. The zero-order valence-electron chi connectivity index (χ0n) is 36.1. The van der Waals surface area contributed by atoms with Crippen molar-refractivity contribution in [2.75, 3.05) is 0 Å². The molecule has 0 saturated carbocycles. The fraction of sp³-hybridized carbons (Fsp3) is 0.0317. The molecule has 2 spiro atoms. The van der Waals surface area contributed by atoms with Gasteiger partial charge in [0.1, 0.15) is 11.2 Å². The van der Waals surface area contributed by atoms with Gasteiger partial charge in [-0.1, -0.05) is 212 Å². The van der Waals surface area contributed by atoms with E-state index >= 15 is 0 Å². The van der Waals surface area contributed by atoms with E-state index < -0.39 is 10.8 Å². The number of nitrogens with zero attached hydrogens (tertiary/aromatic N) is 3. The fourth-order valence-electron chi connectivity index (χ4n) is 12.5. The zero-order valence-corrected chi connectivity index (χ0v) is 36.1. The lowest BCUT2D eigenvalue weighted by Crippen LogP contribution is -2.44. The predicted molar refractivity (Wildman–Crippen MR) is 269 cm³/mol. The molecule has 12 aromatic rings. The van der Waals surface area contributed by atoms with Crippen LogP contribution < -0.4 is 0 Å². The van der Waals surface area contributed by atoms with Crippen LogP contribution in [0.1, 0.15) is 44.5 Å². The lowest BCUT2D eigenvalue weighted by Gasteiger charge is -2.49. The molecule has 2 aromatic heterocycles. The Labute approximate surface area is 386 Å². The molecule has 15 rings (SSSR count). The van der Waals surface area contributed by atoms with Gasteiger partial charge in [0, 0.05) is 33.0 Å². The highest BCUT2D eigenvalue weighted by atomic mass is 16.3. The fourth-order valence-corrected chi connectivity index (χ4v) is 12.5. The van der Waals surface area contributed by atoms with Crippen LogP contribution in [0.3, 0.4) is 0 Å². The Morgan fingerprint density at radius 1 is 0.313 bits per heavy atom. The van der Waals surface area contributed by atoms with E-state index in [1.165, 1.54) is 55.5 Å². The Hall–Kier alpha value is -8.73. The third kappa shape index (κ3) is 4.68. The summed E-state index contributed by atoms with van der Waals surface area (Å²) < 4.78 is 7.04. The quantitative estimate of drug-likeness (QED) is 0.178. The second-order valence-electron chi connectivity index (χ2n) is 18.1. The van der Waals surface area contributed by atoms with Gasteiger partial charge in [-0.2, -0.15) is 0 Å². The van der Waals surface area contributed by atoms with Crippen molar-refractivity contribution in [1.29, 1.82) is 0 Å². The van der Waals surface area contributed by atoms with Crippen molar-refractivity contribution in [3.63, 3.8) is 0 Å². The molecular weight excluding hydrogens is 815 g/mol. The maximum Gasteiger partial charge on any atom is 0.164 e. The van der Waals surface area contributed by atoms with Crippen molar-refractivity contribution in [2.45, 2.75) is 10.8 Å². The first kappa shape index (κ1) is 36.6. The van der Waals surface area contributed by atoms with Crippen LogP contribution in [0.15, 0.2) is 229 Å². The molecule has 310 valence electrons. The molecule has 0 fully saturated rings. The van der Waals surface area contributed by atoms with E-state index in [2.05, 4.69) is 206 Å². The van der Waals surface area contributed by atoms with Gasteiger partial charge in [-0.25, -0.2) is 15.0 Å². The highest BCUT2D eigenvalue weighted by Gasteiger charge is 2.60. The molecule has 3 aliphatic carbocycles. The first-order valence-electron chi connectivity index (χ1n) is 23.0. The maximum atomic E-state index is 7.04. The van der Waals surface area contributed by atoms with E-state index in [9.17, 15) is 0 Å². The van der Waals surface area contributed by atoms with Crippen molar-refractivity contribution in [3.05, 3.63) is 269 Å². The summed E-state index contributed by atoms with van der Waals surface area (Å²) in [6.07, 6.45) is 0. The zero-order chi connectivity index (χ0) is 43.8. The van der Waals surface area contributed by atoms with E-state index in [1.807, 2.05) is 18.2 Å². The van der Waals surface area contributed by atoms with Crippen LogP contribution in [0.25, 0.3) is 89.1 Å². The molecule has 67 heavy (non-hydrogen) atoms. The number of aromatic nitrogens is 3. The number of hydrogen-bond acceptors (Lipinski definition) is 4. The van der Waals surface area contributed by atoms with Gasteiger partial charge in [0.05, 0.1) is 10.8 Å². The van der Waals surface area contributed by atoms with Gasteiger partial charge >= 0.3 is 0 Å². The van der Waals surface area contributed by atoms with E-state index in [-0.39, 0.29) is 0 Å². The number of rotatable bonds is 3. The Morgan fingerprint density at radius 3 is 1.57 bits per heavy atom. The number of hydrogen-bond donors (Lipinski definition) is 0. The molecule has 4 heteroatoms. The number of para-hydroxylation sites is 1. The van der Waals surface area contributed by atoms with E-state index in [0.29, 0.717) is 17.5 Å². The monoisotopic (exact) mass is 851 g/mol. The van der Waals surface area contributed by atoms with Gasteiger partial charge in [-0.3, -0.25) is 0 Å². The second kappa shape index (κ2) is 13.4. The average molecular weight is 852 g/mol. The van der Waals surface area contributed by atoms with Crippen molar-refractivity contribution in [3.8, 4) is 56.4 Å². The van der Waals surface area contributed by atoms with E-state index in [1.54, 1.807) is 0 Å². The summed E-state index contributed by atoms with van der Waals surface area (Å²) in [6.45, 7) is 0.